The first kappa shape index (κ1) is 24.9. The van der Waals surface area contributed by atoms with Crippen LogP contribution in [0.1, 0.15) is 29.7 Å². The Kier molecular flexibility index (Phi) is 5.99. The number of hydrogen-bond donors (Lipinski definition) is 1. The lowest BCUT2D eigenvalue weighted by atomic mass is 9.94. The molecule has 1 aromatic heterocycles. The second-order valence-electron chi connectivity index (χ2n) is 9.35. The van der Waals surface area contributed by atoms with Crippen LogP contribution in [0.25, 0.3) is 16.0 Å². The molecule has 1 fully saturated rings. The van der Waals surface area contributed by atoms with Gasteiger partial charge in [0.15, 0.2) is 16.6 Å². The van der Waals surface area contributed by atoms with E-state index < -0.39 is 23.5 Å². The smallest absolute Gasteiger partial charge is 0.301 e. The number of aromatic nitrogens is 1. The zero-order chi connectivity index (χ0) is 27.4. The minimum atomic E-state index is -1.03. The Morgan fingerprint density at radius 3 is 2.64 bits per heavy atom. The van der Waals surface area contributed by atoms with Crippen LogP contribution in [0, 0.1) is 5.82 Å². The third-order valence-corrected chi connectivity index (χ3v) is 7.90. The van der Waals surface area contributed by atoms with Gasteiger partial charge in [-0.1, -0.05) is 17.4 Å². The standard InChI is InChI=1S/C29H23FN2O6S/c1-14-10-17-11-16(5-8-20(17)38-14)26(33)24-25(15-4-9-21(36-2)22(12-15)37-3)32(28(35)27(24)34)29-31-19-7-6-18(30)13-23(19)39-29/h4-9,11-14,25,33H,10H2,1-3H3/t14-,25+/m0/s1. The molecule has 2 aliphatic heterocycles. The van der Waals surface area contributed by atoms with Crippen LogP contribution in [0.2, 0.25) is 0 Å². The Morgan fingerprint density at radius 2 is 1.87 bits per heavy atom. The lowest BCUT2D eigenvalue weighted by molar-refractivity contribution is -0.132. The topological polar surface area (TPSA) is 98.2 Å². The summed E-state index contributed by atoms with van der Waals surface area (Å²) in [7, 11) is 2.98. The van der Waals surface area contributed by atoms with Crippen LogP contribution < -0.4 is 19.1 Å². The van der Waals surface area contributed by atoms with Gasteiger partial charge in [0, 0.05) is 12.0 Å². The molecule has 1 N–H and O–H groups in total. The summed E-state index contributed by atoms with van der Waals surface area (Å²) < 4.78 is 31.0. The van der Waals surface area contributed by atoms with Crippen molar-refractivity contribution in [2.24, 2.45) is 0 Å². The second kappa shape index (κ2) is 9.39. The molecule has 4 aromatic rings. The summed E-state index contributed by atoms with van der Waals surface area (Å²) >= 11 is 1.08. The van der Waals surface area contributed by atoms with E-state index in [1.807, 2.05) is 6.92 Å². The highest BCUT2D eigenvalue weighted by molar-refractivity contribution is 7.22. The van der Waals surface area contributed by atoms with Gasteiger partial charge in [-0.05, 0) is 66.6 Å². The largest absolute Gasteiger partial charge is 0.507 e. The number of anilines is 1. The molecule has 8 nitrogen and oxygen atoms in total. The van der Waals surface area contributed by atoms with Crippen molar-refractivity contribution < 1.29 is 33.3 Å². The van der Waals surface area contributed by atoms with Crippen LogP contribution in [0.4, 0.5) is 9.52 Å². The van der Waals surface area contributed by atoms with E-state index in [9.17, 15) is 19.1 Å². The molecule has 2 aliphatic rings. The molecule has 0 unspecified atom stereocenters. The molecule has 0 saturated carbocycles. The average Bonchev–Trinajstić information content (AvgIpc) is 3.59. The van der Waals surface area contributed by atoms with E-state index in [-0.39, 0.29) is 22.6 Å². The number of ether oxygens (including phenoxy) is 3. The first-order valence-electron chi connectivity index (χ1n) is 12.2. The number of thiazole rings is 1. The lowest BCUT2D eigenvalue weighted by Gasteiger charge is -2.23. The predicted octanol–water partition coefficient (Wildman–Crippen LogP) is 5.40. The number of ketones is 1. The van der Waals surface area contributed by atoms with E-state index in [0.29, 0.717) is 39.3 Å². The first-order chi connectivity index (χ1) is 18.8. The van der Waals surface area contributed by atoms with Crippen molar-refractivity contribution in [1.29, 1.82) is 0 Å². The molecule has 10 heteroatoms. The molecule has 0 radical (unpaired) electrons. The van der Waals surface area contributed by atoms with Gasteiger partial charge in [-0.25, -0.2) is 9.37 Å². The summed E-state index contributed by atoms with van der Waals surface area (Å²) in [5, 5.41) is 11.7. The van der Waals surface area contributed by atoms with Crippen molar-refractivity contribution in [1.82, 2.24) is 4.98 Å². The molecule has 198 valence electrons. The maximum absolute atomic E-state index is 13.9. The third-order valence-electron chi connectivity index (χ3n) is 6.88. The molecule has 39 heavy (non-hydrogen) atoms. The van der Waals surface area contributed by atoms with Crippen LogP contribution in [-0.4, -0.2) is 42.1 Å². The van der Waals surface area contributed by atoms with Gasteiger partial charge in [-0.15, -0.1) is 0 Å². The number of amides is 1. The van der Waals surface area contributed by atoms with Crippen LogP contribution >= 0.6 is 11.3 Å². The Balaban J connectivity index is 1.55. The number of aliphatic hydroxyl groups is 1. The summed E-state index contributed by atoms with van der Waals surface area (Å²) in [5.74, 6) is -0.900. The fourth-order valence-corrected chi connectivity index (χ4v) is 6.10. The molecular weight excluding hydrogens is 523 g/mol. The second-order valence-corrected chi connectivity index (χ2v) is 10.4. The first-order valence-corrected chi connectivity index (χ1v) is 13.0. The Morgan fingerprint density at radius 1 is 1.08 bits per heavy atom. The van der Waals surface area contributed by atoms with E-state index >= 15 is 0 Å². The number of carbonyl (C=O) groups is 2. The van der Waals surface area contributed by atoms with Crippen molar-refractivity contribution in [3.63, 3.8) is 0 Å². The fraction of sp³-hybridized carbons (Fsp3) is 0.207. The van der Waals surface area contributed by atoms with Crippen molar-refractivity contribution in [3.05, 3.63) is 82.7 Å². The molecule has 1 saturated heterocycles. The number of methoxy groups -OCH3 is 2. The maximum atomic E-state index is 13.9. The van der Waals surface area contributed by atoms with Crippen molar-refractivity contribution in [2.45, 2.75) is 25.5 Å². The molecule has 0 aliphatic carbocycles. The van der Waals surface area contributed by atoms with Crippen LogP contribution in [0.5, 0.6) is 17.2 Å². The van der Waals surface area contributed by atoms with Gasteiger partial charge < -0.3 is 19.3 Å². The normalized spacial score (nSPS) is 19.8. The van der Waals surface area contributed by atoms with Gasteiger partial charge in [0.2, 0.25) is 0 Å². The van der Waals surface area contributed by atoms with Crippen LogP contribution in [-0.2, 0) is 16.0 Å². The van der Waals surface area contributed by atoms with E-state index in [4.69, 9.17) is 14.2 Å². The number of halogens is 1. The maximum Gasteiger partial charge on any atom is 0.301 e. The zero-order valence-electron chi connectivity index (χ0n) is 21.2. The Bertz CT molecular complexity index is 1700. The van der Waals surface area contributed by atoms with E-state index in [1.165, 1.54) is 37.3 Å². The summed E-state index contributed by atoms with van der Waals surface area (Å²) in [6, 6.07) is 13.3. The third kappa shape index (κ3) is 4.08. The van der Waals surface area contributed by atoms with Gasteiger partial charge in [-0.2, -0.15) is 0 Å². The average molecular weight is 547 g/mol. The summed E-state index contributed by atoms with van der Waals surface area (Å²) in [4.78, 5) is 32.9. The van der Waals surface area contributed by atoms with E-state index in [1.54, 1.807) is 36.4 Å². The molecule has 3 aromatic carbocycles. The highest BCUT2D eigenvalue weighted by atomic mass is 32.1. The highest BCUT2D eigenvalue weighted by Crippen LogP contribution is 2.46. The van der Waals surface area contributed by atoms with Gasteiger partial charge in [0.05, 0.1) is 36.1 Å². The number of fused-ring (bicyclic) bond motifs is 2. The predicted molar refractivity (Wildman–Crippen MR) is 144 cm³/mol. The number of Topliss-reactive ketones (excluding diaryl/α,β-unsaturated/α-hetero) is 1. The molecule has 3 heterocycles. The Hall–Kier alpha value is -4.44. The van der Waals surface area contributed by atoms with Gasteiger partial charge in [-0.3, -0.25) is 14.5 Å². The van der Waals surface area contributed by atoms with Crippen molar-refractivity contribution in [2.75, 3.05) is 19.1 Å². The fourth-order valence-electron chi connectivity index (χ4n) is 5.08. The highest BCUT2D eigenvalue weighted by Gasteiger charge is 2.48. The summed E-state index contributed by atoms with van der Waals surface area (Å²) in [6.07, 6.45) is 0.658. The monoisotopic (exact) mass is 546 g/mol. The number of rotatable bonds is 5. The van der Waals surface area contributed by atoms with Gasteiger partial charge in [0.25, 0.3) is 5.78 Å². The molecule has 0 bridgehead atoms. The quantitative estimate of drug-likeness (QED) is 0.203. The van der Waals surface area contributed by atoms with E-state index in [2.05, 4.69) is 4.98 Å². The number of benzene rings is 3. The van der Waals surface area contributed by atoms with Crippen LogP contribution in [0.3, 0.4) is 0 Å². The Labute approximate surface area is 226 Å². The van der Waals surface area contributed by atoms with Crippen molar-refractivity contribution in [3.8, 4) is 17.2 Å². The lowest BCUT2D eigenvalue weighted by Crippen LogP contribution is -2.29. The summed E-state index contributed by atoms with van der Waals surface area (Å²) in [6.45, 7) is 1.95. The van der Waals surface area contributed by atoms with Gasteiger partial charge in [0.1, 0.15) is 23.4 Å². The molecule has 0 spiro atoms. The molecular formula is C29H23FN2O6S. The van der Waals surface area contributed by atoms with Crippen molar-refractivity contribution >= 4 is 44.1 Å². The molecule has 2 atom stereocenters. The van der Waals surface area contributed by atoms with Gasteiger partial charge >= 0.3 is 5.91 Å². The zero-order valence-corrected chi connectivity index (χ0v) is 22.0. The minimum absolute atomic E-state index is 0.00128. The van der Waals surface area contributed by atoms with E-state index in [0.717, 1.165) is 22.6 Å². The molecule has 1 amide bonds. The molecule has 6 rings (SSSR count). The number of carbonyl (C=O) groups excluding carboxylic acids is 2. The number of hydrogen-bond acceptors (Lipinski definition) is 8. The number of aliphatic hydroxyl groups excluding tert-OH is 1. The SMILES string of the molecule is COc1ccc([C@@H]2C(=C(O)c3ccc4c(c3)C[C@H](C)O4)C(=O)C(=O)N2c2nc3ccc(F)cc3s2)cc1OC. The van der Waals surface area contributed by atoms with Crippen LogP contribution in [0.15, 0.2) is 60.2 Å². The summed E-state index contributed by atoms with van der Waals surface area (Å²) in [5.41, 5.74) is 2.18. The number of nitrogens with zero attached hydrogens (tertiary/aromatic N) is 2. The minimum Gasteiger partial charge on any atom is -0.507 e.